The van der Waals surface area contributed by atoms with E-state index in [0.29, 0.717) is 15.6 Å². The summed E-state index contributed by atoms with van der Waals surface area (Å²) < 4.78 is 1.72. The number of H-pyrrole nitrogens is 1. The van der Waals surface area contributed by atoms with E-state index >= 15 is 0 Å². The third-order valence-electron chi connectivity index (χ3n) is 3.69. The molecular formula is C16H12N6O2S. The zero-order chi connectivity index (χ0) is 17.4. The Morgan fingerprint density at radius 3 is 2.84 bits per heavy atom. The van der Waals surface area contributed by atoms with Crippen molar-refractivity contribution in [2.45, 2.75) is 9.92 Å². The van der Waals surface area contributed by atoms with Gasteiger partial charge in [0, 0.05) is 36.6 Å². The van der Waals surface area contributed by atoms with Crippen LogP contribution in [0, 0.1) is 10.1 Å². The second-order valence-electron chi connectivity index (χ2n) is 5.38. The van der Waals surface area contributed by atoms with Crippen molar-refractivity contribution in [1.29, 1.82) is 0 Å². The Kier molecular flexibility index (Phi) is 3.69. The molecule has 1 N–H and O–H groups in total. The zero-order valence-electron chi connectivity index (χ0n) is 13.1. The maximum atomic E-state index is 11.2. The van der Waals surface area contributed by atoms with Crippen LogP contribution in [0.25, 0.3) is 22.2 Å². The first-order chi connectivity index (χ1) is 12.1. The number of hydrogen-bond donors (Lipinski definition) is 1. The predicted molar refractivity (Wildman–Crippen MR) is 93.3 cm³/mol. The molecule has 8 nitrogen and oxygen atoms in total. The van der Waals surface area contributed by atoms with Gasteiger partial charge in [0.05, 0.1) is 21.4 Å². The molecule has 0 aliphatic rings. The molecule has 9 heteroatoms. The van der Waals surface area contributed by atoms with Gasteiger partial charge in [0.1, 0.15) is 5.03 Å². The van der Waals surface area contributed by atoms with Crippen molar-refractivity contribution < 1.29 is 4.92 Å². The van der Waals surface area contributed by atoms with E-state index in [4.69, 9.17) is 0 Å². The van der Waals surface area contributed by atoms with Crippen molar-refractivity contribution in [3.05, 3.63) is 59.0 Å². The largest absolute Gasteiger partial charge is 0.283 e. The Labute approximate surface area is 146 Å². The van der Waals surface area contributed by atoms with Gasteiger partial charge in [-0.15, -0.1) is 0 Å². The van der Waals surface area contributed by atoms with Crippen LogP contribution in [0.5, 0.6) is 0 Å². The molecule has 124 valence electrons. The second-order valence-corrected chi connectivity index (χ2v) is 6.41. The molecule has 0 radical (unpaired) electrons. The Balaban J connectivity index is 1.77. The van der Waals surface area contributed by atoms with Gasteiger partial charge in [-0.2, -0.15) is 10.2 Å². The minimum Gasteiger partial charge on any atom is -0.275 e. The van der Waals surface area contributed by atoms with Gasteiger partial charge >= 0.3 is 0 Å². The van der Waals surface area contributed by atoms with Crippen LogP contribution in [0.15, 0.2) is 58.8 Å². The third kappa shape index (κ3) is 2.85. The van der Waals surface area contributed by atoms with Crippen LogP contribution in [0.4, 0.5) is 5.69 Å². The van der Waals surface area contributed by atoms with Gasteiger partial charge in [-0.05, 0) is 12.1 Å². The highest BCUT2D eigenvalue weighted by Crippen LogP contribution is 2.37. The smallest absolute Gasteiger partial charge is 0.275 e. The Hall–Kier alpha value is -3.20. The minimum absolute atomic E-state index is 0.0556. The molecule has 0 atom stereocenters. The van der Waals surface area contributed by atoms with E-state index in [9.17, 15) is 10.1 Å². The van der Waals surface area contributed by atoms with Crippen LogP contribution in [0.3, 0.4) is 0 Å². The standard InChI is InChI=1S/C16H12N6O2S/c1-21-9-11(8-18-21)10-6-12-15(17-7-10)19-20-16(12)25-14-5-3-2-4-13(14)22(23)24/h2-9H,1H3,(H,17,19,20). The average molecular weight is 352 g/mol. The third-order valence-corrected chi connectivity index (χ3v) is 4.76. The zero-order valence-corrected chi connectivity index (χ0v) is 13.9. The quantitative estimate of drug-likeness (QED) is 0.446. The van der Waals surface area contributed by atoms with Crippen LogP contribution >= 0.6 is 11.8 Å². The Morgan fingerprint density at radius 2 is 2.08 bits per heavy atom. The summed E-state index contributed by atoms with van der Waals surface area (Å²) in [6.45, 7) is 0. The fraction of sp³-hybridized carbons (Fsp3) is 0.0625. The summed E-state index contributed by atoms with van der Waals surface area (Å²) in [6, 6.07) is 8.56. The maximum Gasteiger partial charge on any atom is 0.283 e. The summed E-state index contributed by atoms with van der Waals surface area (Å²) in [6.07, 6.45) is 5.41. The van der Waals surface area contributed by atoms with E-state index in [1.165, 1.54) is 17.8 Å². The van der Waals surface area contributed by atoms with E-state index in [1.54, 1.807) is 35.3 Å². The molecule has 3 heterocycles. The average Bonchev–Trinajstić information content (AvgIpc) is 3.21. The number of benzene rings is 1. The predicted octanol–water partition coefficient (Wildman–Crippen LogP) is 3.42. The number of aromatic amines is 1. The molecule has 0 unspecified atom stereocenters. The van der Waals surface area contributed by atoms with Crippen LogP contribution in [-0.2, 0) is 7.05 Å². The molecule has 0 aliphatic heterocycles. The molecular weight excluding hydrogens is 340 g/mol. The van der Waals surface area contributed by atoms with E-state index in [-0.39, 0.29) is 5.69 Å². The number of aryl methyl sites for hydroxylation is 1. The number of nitrogens with one attached hydrogen (secondary N) is 1. The molecule has 25 heavy (non-hydrogen) atoms. The van der Waals surface area contributed by atoms with Gasteiger partial charge in [-0.25, -0.2) is 4.98 Å². The summed E-state index contributed by atoms with van der Waals surface area (Å²) in [5, 5.41) is 23.9. The highest BCUT2D eigenvalue weighted by atomic mass is 32.2. The van der Waals surface area contributed by atoms with E-state index in [0.717, 1.165) is 16.5 Å². The molecule has 0 amide bonds. The molecule has 0 bridgehead atoms. The molecule has 0 spiro atoms. The summed E-state index contributed by atoms with van der Waals surface area (Å²) in [4.78, 5) is 15.7. The Morgan fingerprint density at radius 1 is 1.24 bits per heavy atom. The first kappa shape index (κ1) is 15.3. The van der Waals surface area contributed by atoms with Gasteiger partial charge in [0.15, 0.2) is 5.65 Å². The van der Waals surface area contributed by atoms with Crippen LogP contribution in [0.1, 0.15) is 0 Å². The van der Waals surface area contributed by atoms with Crippen molar-refractivity contribution in [3.8, 4) is 11.1 Å². The number of nitro benzene ring substituents is 1. The lowest BCUT2D eigenvalue weighted by molar-refractivity contribution is -0.387. The molecule has 0 aliphatic carbocycles. The number of nitrogens with zero attached hydrogens (tertiary/aromatic N) is 5. The normalized spacial score (nSPS) is 11.1. The second kappa shape index (κ2) is 6.02. The summed E-state index contributed by atoms with van der Waals surface area (Å²) in [7, 11) is 1.85. The minimum atomic E-state index is -0.392. The molecule has 3 aromatic heterocycles. The van der Waals surface area contributed by atoms with E-state index in [1.807, 2.05) is 19.3 Å². The van der Waals surface area contributed by atoms with Crippen molar-refractivity contribution in [3.63, 3.8) is 0 Å². The maximum absolute atomic E-state index is 11.2. The molecule has 0 fully saturated rings. The van der Waals surface area contributed by atoms with Gasteiger partial charge in [-0.1, -0.05) is 23.9 Å². The monoisotopic (exact) mass is 352 g/mol. The molecule has 4 aromatic rings. The van der Waals surface area contributed by atoms with Crippen molar-refractivity contribution in [2.75, 3.05) is 0 Å². The summed E-state index contributed by atoms with van der Waals surface area (Å²) >= 11 is 1.24. The van der Waals surface area contributed by atoms with Crippen LogP contribution in [0.2, 0.25) is 0 Å². The number of aromatic nitrogens is 5. The van der Waals surface area contributed by atoms with Gasteiger partial charge in [0.25, 0.3) is 5.69 Å². The number of nitro groups is 1. The number of para-hydroxylation sites is 1. The molecule has 1 aromatic carbocycles. The lowest BCUT2D eigenvalue weighted by atomic mass is 10.1. The van der Waals surface area contributed by atoms with E-state index < -0.39 is 4.92 Å². The highest BCUT2D eigenvalue weighted by Gasteiger charge is 2.17. The fourth-order valence-corrected chi connectivity index (χ4v) is 3.44. The number of hydrogen-bond acceptors (Lipinski definition) is 6. The van der Waals surface area contributed by atoms with E-state index in [2.05, 4.69) is 20.3 Å². The summed E-state index contributed by atoms with van der Waals surface area (Å²) in [5.41, 5.74) is 2.54. The number of rotatable bonds is 4. The van der Waals surface area contributed by atoms with Gasteiger partial charge in [-0.3, -0.25) is 19.9 Å². The first-order valence-corrected chi connectivity index (χ1v) is 8.18. The summed E-state index contributed by atoms with van der Waals surface area (Å²) in [5.74, 6) is 0. The molecule has 0 saturated carbocycles. The lowest BCUT2D eigenvalue weighted by Gasteiger charge is -2.01. The topological polar surface area (TPSA) is 103 Å². The van der Waals surface area contributed by atoms with Crippen molar-refractivity contribution in [1.82, 2.24) is 25.0 Å². The van der Waals surface area contributed by atoms with Gasteiger partial charge in [0.2, 0.25) is 0 Å². The molecule has 0 saturated heterocycles. The SMILES string of the molecule is Cn1cc(-c2cnc3[nH]nc(Sc4ccccc4[N+](=O)[O-])c3c2)cn1. The van der Waals surface area contributed by atoms with Crippen LogP contribution in [-0.4, -0.2) is 29.9 Å². The first-order valence-electron chi connectivity index (χ1n) is 7.36. The van der Waals surface area contributed by atoms with Gasteiger partial charge < -0.3 is 0 Å². The molecule has 4 rings (SSSR count). The Bertz CT molecular complexity index is 1090. The number of fused-ring (bicyclic) bond motifs is 1. The van der Waals surface area contributed by atoms with Crippen molar-refractivity contribution >= 4 is 28.5 Å². The lowest BCUT2D eigenvalue weighted by Crippen LogP contribution is -1.90. The van der Waals surface area contributed by atoms with Crippen molar-refractivity contribution in [2.24, 2.45) is 7.05 Å². The highest BCUT2D eigenvalue weighted by molar-refractivity contribution is 7.99. The fourth-order valence-electron chi connectivity index (χ4n) is 2.49. The number of pyridine rings is 1. The van der Waals surface area contributed by atoms with Crippen LogP contribution < -0.4 is 0 Å².